The number of nitrogens with one attached hydrogen (secondary N) is 1. The number of methoxy groups -OCH3 is 1. The van der Waals surface area contributed by atoms with E-state index in [4.69, 9.17) is 9.47 Å². The fourth-order valence-corrected chi connectivity index (χ4v) is 3.05. The van der Waals surface area contributed by atoms with Crippen LogP contribution >= 0.6 is 15.9 Å². The van der Waals surface area contributed by atoms with Gasteiger partial charge in [0, 0.05) is 11.0 Å². The van der Waals surface area contributed by atoms with Crippen LogP contribution in [0.2, 0.25) is 0 Å². The van der Waals surface area contributed by atoms with Crippen molar-refractivity contribution in [1.29, 1.82) is 0 Å². The van der Waals surface area contributed by atoms with Crippen LogP contribution in [-0.4, -0.2) is 43.7 Å². The minimum atomic E-state index is -0.858. The van der Waals surface area contributed by atoms with Crippen molar-refractivity contribution in [2.45, 2.75) is 6.10 Å². The predicted molar refractivity (Wildman–Crippen MR) is 103 cm³/mol. The number of rotatable bonds is 6. The number of fused-ring (bicyclic) bond motifs is 1. The van der Waals surface area contributed by atoms with Gasteiger partial charge in [0.1, 0.15) is 18.0 Å². The van der Waals surface area contributed by atoms with Crippen LogP contribution in [0, 0.1) is 0 Å². The lowest BCUT2D eigenvalue weighted by atomic mass is 10.1. The number of aliphatic hydroxyl groups excluding tert-OH is 1. The Labute approximate surface area is 165 Å². The van der Waals surface area contributed by atoms with E-state index < -0.39 is 6.10 Å². The zero-order valence-corrected chi connectivity index (χ0v) is 16.2. The molecule has 0 aliphatic carbocycles. The molecule has 0 saturated heterocycles. The highest BCUT2D eigenvalue weighted by Gasteiger charge is 2.27. The molecular formula is C19H19BrN2O5. The van der Waals surface area contributed by atoms with Gasteiger partial charge in [-0.25, -0.2) is 0 Å². The van der Waals surface area contributed by atoms with E-state index >= 15 is 0 Å². The van der Waals surface area contributed by atoms with E-state index in [-0.39, 0.29) is 31.5 Å². The van der Waals surface area contributed by atoms with Gasteiger partial charge in [-0.2, -0.15) is 0 Å². The van der Waals surface area contributed by atoms with Crippen molar-refractivity contribution in [3.05, 3.63) is 52.5 Å². The number of hydrogen-bond acceptors (Lipinski definition) is 5. The fraction of sp³-hybridized carbons (Fsp3) is 0.263. The van der Waals surface area contributed by atoms with E-state index in [2.05, 4.69) is 21.2 Å². The minimum absolute atomic E-state index is 0.0386. The SMILES string of the molecule is COc1ccc([C@H](O)CNC(=O)CN2C(=O)COc3cc(Br)ccc32)cc1. The summed E-state index contributed by atoms with van der Waals surface area (Å²) in [5.41, 5.74) is 1.20. The van der Waals surface area contributed by atoms with Crippen molar-refractivity contribution < 1.29 is 24.2 Å². The number of benzene rings is 2. The van der Waals surface area contributed by atoms with E-state index in [0.29, 0.717) is 22.7 Å². The molecule has 27 heavy (non-hydrogen) atoms. The lowest BCUT2D eigenvalue weighted by molar-refractivity contribution is -0.125. The standard InChI is InChI=1S/C19H19BrN2O5/c1-26-14-5-2-12(3-6-14)16(23)9-21-18(24)10-22-15-7-4-13(20)8-17(15)27-11-19(22)25/h2-8,16,23H,9-11H2,1H3,(H,21,24)/t16-/m1/s1. The maximum atomic E-state index is 12.3. The van der Waals surface area contributed by atoms with Gasteiger partial charge < -0.3 is 19.9 Å². The van der Waals surface area contributed by atoms with Gasteiger partial charge >= 0.3 is 0 Å². The van der Waals surface area contributed by atoms with Gasteiger partial charge in [0.05, 0.1) is 18.9 Å². The van der Waals surface area contributed by atoms with Crippen molar-refractivity contribution in [2.24, 2.45) is 0 Å². The third kappa shape index (κ3) is 4.58. The molecule has 0 bridgehead atoms. The average molecular weight is 435 g/mol. The molecule has 0 saturated carbocycles. The molecule has 1 aliphatic rings. The fourth-order valence-electron chi connectivity index (χ4n) is 2.71. The first-order valence-electron chi connectivity index (χ1n) is 8.29. The molecule has 2 N–H and O–H groups in total. The topological polar surface area (TPSA) is 88.1 Å². The van der Waals surface area contributed by atoms with Crippen LogP contribution in [0.4, 0.5) is 5.69 Å². The molecule has 1 atom stereocenters. The van der Waals surface area contributed by atoms with Crippen molar-refractivity contribution in [3.63, 3.8) is 0 Å². The Hall–Kier alpha value is -2.58. The van der Waals surface area contributed by atoms with Crippen LogP contribution in [-0.2, 0) is 9.59 Å². The number of anilines is 1. The molecule has 0 radical (unpaired) electrons. The van der Waals surface area contributed by atoms with Crippen LogP contribution in [0.1, 0.15) is 11.7 Å². The molecule has 142 valence electrons. The summed E-state index contributed by atoms with van der Waals surface area (Å²) in [5, 5.41) is 12.9. The van der Waals surface area contributed by atoms with E-state index in [9.17, 15) is 14.7 Å². The zero-order valence-electron chi connectivity index (χ0n) is 14.6. The number of ether oxygens (including phenoxy) is 2. The van der Waals surface area contributed by atoms with E-state index in [1.807, 2.05) is 0 Å². The lowest BCUT2D eigenvalue weighted by Gasteiger charge is -2.29. The van der Waals surface area contributed by atoms with Gasteiger partial charge in [-0.15, -0.1) is 0 Å². The summed E-state index contributed by atoms with van der Waals surface area (Å²) in [6.45, 7) is -0.228. The molecule has 0 unspecified atom stereocenters. The van der Waals surface area contributed by atoms with Crippen molar-refractivity contribution in [3.8, 4) is 11.5 Å². The maximum Gasteiger partial charge on any atom is 0.265 e. The zero-order chi connectivity index (χ0) is 19.4. The van der Waals surface area contributed by atoms with E-state index in [0.717, 1.165) is 4.47 Å². The third-order valence-corrected chi connectivity index (χ3v) is 4.65. The summed E-state index contributed by atoms with van der Waals surface area (Å²) < 4.78 is 11.3. The summed E-state index contributed by atoms with van der Waals surface area (Å²) in [6, 6.07) is 12.2. The summed E-state index contributed by atoms with van der Waals surface area (Å²) in [6.07, 6.45) is -0.858. The second-order valence-electron chi connectivity index (χ2n) is 5.97. The molecular weight excluding hydrogens is 416 g/mol. The first-order valence-corrected chi connectivity index (χ1v) is 9.08. The number of hydrogen-bond donors (Lipinski definition) is 2. The van der Waals surface area contributed by atoms with Crippen LogP contribution in [0.25, 0.3) is 0 Å². The van der Waals surface area contributed by atoms with Crippen LogP contribution < -0.4 is 19.7 Å². The second-order valence-corrected chi connectivity index (χ2v) is 6.89. The summed E-state index contributed by atoms with van der Waals surface area (Å²) in [5.74, 6) is 0.559. The van der Waals surface area contributed by atoms with Crippen LogP contribution in [0.15, 0.2) is 46.9 Å². The number of halogens is 1. The molecule has 2 aromatic rings. The van der Waals surface area contributed by atoms with Crippen LogP contribution in [0.5, 0.6) is 11.5 Å². The lowest BCUT2D eigenvalue weighted by Crippen LogP contribution is -2.45. The van der Waals surface area contributed by atoms with Crippen LogP contribution in [0.3, 0.4) is 0 Å². The molecule has 0 spiro atoms. The molecule has 2 aromatic carbocycles. The van der Waals surface area contributed by atoms with Crippen molar-refractivity contribution >= 4 is 33.4 Å². The molecule has 1 aliphatic heterocycles. The van der Waals surface area contributed by atoms with Gasteiger partial charge in [-0.3, -0.25) is 14.5 Å². The number of nitrogens with zero attached hydrogens (tertiary/aromatic N) is 1. The quantitative estimate of drug-likeness (QED) is 0.725. The molecule has 0 aromatic heterocycles. The Morgan fingerprint density at radius 1 is 1.33 bits per heavy atom. The largest absolute Gasteiger partial charge is 0.497 e. The molecule has 1 heterocycles. The Morgan fingerprint density at radius 2 is 2.07 bits per heavy atom. The highest BCUT2D eigenvalue weighted by atomic mass is 79.9. The van der Waals surface area contributed by atoms with Gasteiger partial charge in [0.25, 0.3) is 5.91 Å². The Kier molecular flexibility index (Phi) is 5.98. The first-order chi connectivity index (χ1) is 13.0. The Bertz CT molecular complexity index is 840. The second kappa shape index (κ2) is 8.41. The highest BCUT2D eigenvalue weighted by molar-refractivity contribution is 9.10. The monoisotopic (exact) mass is 434 g/mol. The van der Waals surface area contributed by atoms with E-state index in [1.54, 1.807) is 49.6 Å². The summed E-state index contributed by atoms with van der Waals surface area (Å²) >= 11 is 3.35. The number of amides is 2. The average Bonchev–Trinajstić information content (AvgIpc) is 2.68. The smallest absolute Gasteiger partial charge is 0.265 e. The summed E-state index contributed by atoms with van der Waals surface area (Å²) in [4.78, 5) is 25.8. The molecule has 3 rings (SSSR count). The Morgan fingerprint density at radius 3 is 2.78 bits per heavy atom. The number of aliphatic hydroxyl groups is 1. The third-order valence-electron chi connectivity index (χ3n) is 4.16. The highest BCUT2D eigenvalue weighted by Crippen LogP contribution is 2.34. The van der Waals surface area contributed by atoms with Gasteiger partial charge in [-0.1, -0.05) is 28.1 Å². The van der Waals surface area contributed by atoms with Gasteiger partial charge in [0.2, 0.25) is 5.91 Å². The number of carbonyl (C=O) groups excluding carboxylic acids is 2. The Balaban J connectivity index is 1.60. The predicted octanol–water partition coefficient (Wildman–Crippen LogP) is 2.03. The van der Waals surface area contributed by atoms with E-state index in [1.165, 1.54) is 4.90 Å². The minimum Gasteiger partial charge on any atom is -0.497 e. The number of carbonyl (C=O) groups is 2. The molecule has 2 amide bonds. The molecule has 8 heteroatoms. The van der Waals surface area contributed by atoms with Crippen molar-refractivity contribution in [1.82, 2.24) is 5.32 Å². The molecule has 0 fully saturated rings. The van der Waals surface area contributed by atoms with Gasteiger partial charge in [-0.05, 0) is 35.9 Å². The normalized spacial score (nSPS) is 14.2. The van der Waals surface area contributed by atoms with Crippen molar-refractivity contribution in [2.75, 3.05) is 31.7 Å². The van der Waals surface area contributed by atoms with Gasteiger partial charge in [0.15, 0.2) is 6.61 Å². The molecule has 7 nitrogen and oxygen atoms in total. The maximum absolute atomic E-state index is 12.3. The first kappa shape index (κ1) is 19.2. The summed E-state index contributed by atoms with van der Waals surface area (Å²) in [7, 11) is 1.56.